The molecule has 3 heterocycles. The lowest BCUT2D eigenvalue weighted by atomic mass is 9.96. The van der Waals surface area contributed by atoms with Gasteiger partial charge in [-0.3, -0.25) is 24.0 Å². The monoisotopic (exact) mass is 1370 g/mol. The third-order valence-electron chi connectivity index (χ3n) is 15.0. The molecule has 0 saturated carbocycles. The lowest BCUT2D eigenvalue weighted by Crippen LogP contribution is -2.67. The van der Waals surface area contributed by atoms with E-state index in [9.17, 15) is 47.9 Å². The second-order valence-electron chi connectivity index (χ2n) is 21.8. The minimum Gasteiger partial charge on any atom is -0.497 e. The van der Waals surface area contributed by atoms with Crippen LogP contribution in [0, 0.1) is 0 Å². The number of carbonyl (C=O) groups is 10. The molecule has 30 nitrogen and oxygen atoms in total. The molecular weight excluding hydrogens is 1300 g/mol. The van der Waals surface area contributed by atoms with Gasteiger partial charge < -0.3 is 94.7 Å². The Bertz CT molecular complexity index is 3560. The summed E-state index contributed by atoms with van der Waals surface area (Å²) in [6.07, 6.45) is -27.8. The zero-order chi connectivity index (χ0) is 70.7. The number of rotatable bonds is 27. The van der Waals surface area contributed by atoms with Crippen molar-refractivity contribution in [1.82, 2.24) is 0 Å². The van der Waals surface area contributed by atoms with Crippen molar-refractivity contribution in [3.63, 3.8) is 0 Å². The van der Waals surface area contributed by atoms with Gasteiger partial charge in [0.2, 0.25) is 0 Å². The van der Waals surface area contributed by atoms with E-state index < -0.39 is 172 Å². The van der Waals surface area contributed by atoms with Crippen molar-refractivity contribution in [3.05, 3.63) is 155 Å². The van der Waals surface area contributed by atoms with Crippen molar-refractivity contribution in [1.29, 1.82) is 0 Å². The van der Waals surface area contributed by atoms with Gasteiger partial charge in [-0.1, -0.05) is 18.2 Å². The topological polar surface area (TPSA) is 355 Å². The van der Waals surface area contributed by atoms with Crippen LogP contribution < -0.4 is 18.9 Å². The van der Waals surface area contributed by atoms with Crippen molar-refractivity contribution in [3.8, 4) is 23.0 Å². The summed E-state index contributed by atoms with van der Waals surface area (Å²) in [4.78, 5) is 137. The number of methoxy groups -OCH3 is 5. The second-order valence-corrected chi connectivity index (χ2v) is 21.8. The molecule has 0 spiro atoms. The van der Waals surface area contributed by atoms with E-state index in [-0.39, 0.29) is 27.8 Å². The van der Waals surface area contributed by atoms with Crippen LogP contribution in [-0.4, -0.2) is 207 Å². The molecular formula is C68H72O30. The van der Waals surface area contributed by atoms with Gasteiger partial charge in [-0.15, -0.1) is 0 Å². The van der Waals surface area contributed by atoms with E-state index in [0.29, 0.717) is 23.0 Å². The first-order valence-electron chi connectivity index (χ1n) is 30.2. The number of hydrogen-bond donors (Lipinski definition) is 0. The normalized spacial score (nSPS) is 24.9. The Labute approximate surface area is 560 Å². The molecule has 3 saturated heterocycles. The van der Waals surface area contributed by atoms with Crippen LogP contribution in [0.3, 0.4) is 0 Å². The molecule has 0 aromatic heterocycles. The van der Waals surface area contributed by atoms with E-state index in [1.54, 1.807) is 6.07 Å². The van der Waals surface area contributed by atoms with E-state index in [2.05, 4.69) is 0 Å². The van der Waals surface area contributed by atoms with Crippen LogP contribution in [0.4, 0.5) is 0 Å². The lowest BCUT2D eigenvalue weighted by molar-refractivity contribution is -0.369. The molecule has 0 amide bonds. The zero-order valence-electron chi connectivity index (χ0n) is 54.7. The molecule has 3 fully saturated rings. The molecule has 0 unspecified atom stereocenters. The van der Waals surface area contributed by atoms with Crippen LogP contribution >= 0.6 is 0 Å². The number of esters is 10. The van der Waals surface area contributed by atoms with Gasteiger partial charge in [-0.05, 0) is 109 Å². The summed E-state index contributed by atoms with van der Waals surface area (Å²) in [5.41, 5.74) is -0.302. The Balaban J connectivity index is 1.25. The van der Waals surface area contributed by atoms with E-state index in [1.807, 2.05) is 0 Å². The molecule has 0 aliphatic carbocycles. The predicted molar refractivity (Wildman–Crippen MR) is 328 cm³/mol. The first kappa shape index (κ1) is 73.6. The predicted octanol–water partition coefficient (Wildman–Crippen LogP) is 5.29. The summed E-state index contributed by atoms with van der Waals surface area (Å²) in [6.45, 7) is 2.66. The third kappa shape index (κ3) is 19.3. The molecule has 0 radical (unpaired) electrons. The number of benzene rings is 5. The first-order chi connectivity index (χ1) is 47.0. The summed E-state index contributed by atoms with van der Waals surface area (Å²) in [5, 5.41) is 0. The summed E-state index contributed by atoms with van der Waals surface area (Å²) in [5.74, 6) is -8.58. The van der Waals surface area contributed by atoms with Crippen molar-refractivity contribution < 1.29 is 143 Å². The highest BCUT2D eigenvalue weighted by molar-refractivity contribution is 5.92. The quantitative estimate of drug-likeness (QED) is 0.0476. The van der Waals surface area contributed by atoms with Crippen LogP contribution in [-0.2, 0) is 99.8 Å². The standard InChI is InChI=1S/C68H72O30/c1-35(69)84-32-49-52(87-36(2)70)55(88-37(3)71)60(90-39(5)73)68(93-49)98-58-56(89-38(4)72)53(94-62(75)40-14-12-11-13-15-40)51(91-66(58)83-10)34-86-67-59(97-65(78)44-22-30-48(82-9)31-23-44)57(96-64(77)43-20-28-47(81-8)29-21-43)54(95-63(76)42-18-26-46(80-7)27-19-42)50(92-67)33-85-61(74)41-16-24-45(79-6)25-17-41/h11-31,49-60,66-68H,32-34H2,1-10H3/t49-,50-,51-,52-,53-,54-,55+,56+,57+,58-,59-,60-,66+,67-,68+/m1/s1. The van der Waals surface area contributed by atoms with Gasteiger partial charge in [0.15, 0.2) is 73.8 Å². The average molecular weight is 1370 g/mol. The second kappa shape index (κ2) is 34.6. The Kier molecular flexibility index (Phi) is 26.0. The Morgan fingerprint density at radius 3 is 1.01 bits per heavy atom. The molecule has 15 atom stereocenters. The summed E-state index contributed by atoms with van der Waals surface area (Å²) >= 11 is 0. The van der Waals surface area contributed by atoms with Gasteiger partial charge in [-0.2, -0.15) is 0 Å². The average Bonchev–Trinajstić information content (AvgIpc) is 0.772. The molecule has 30 heteroatoms. The summed E-state index contributed by atoms with van der Waals surface area (Å²) < 4.78 is 119. The van der Waals surface area contributed by atoms with Crippen LogP contribution in [0.25, 0.3) is 0 Å². The zero-order valence-corrected chi connectivity index (χ0v) is 54.7. The van der Waals surface area contributed by atoms with Gasteiger partial charge in [0.05, 0.1) is 62.9 Å². The fourth-order valence-corrected chi connectivity index (χ4v) is 10.5. The first-order valence-corrected chi connectivity index (χ1v) is 30.2. The molecule has 0 N–H and O–H groups in total. The van der Waals surface area contributed by atoms with Gasteiger partial charge >= 0.3 is 59.7 Å². The van der Waals surface area contributed by atoms with Gasteiger partial charge in [-0.25, -0.2) is 24.0 Å². The van der Waals surface area contributed by atoms with Crippen molar-refractivity contribution in [2.45, 2.75) is 127 Å². The number of hydrogen-bond acceptors (Lipinski definition) is 30. The van der Waals surface area contributed by atoms with Gasteiger partial charge in [0.25, 0.3) is 0 Å². The minimum absolute atomic E-state index is 0.0204. The minimum atomic E-state index is -2.06. The maximum atomic E-state index is 14.7. The van der Waals surface area contributed by atoms with Crippen LogP contribution in [0.2, 0.25) is 0 Å². The van der Waals surface area contributed by atoms with E-state index in [4.69, 9.17) is 94.7 Å². The van der Waals surface area contributed by atoms with Crippen molar-refractivity contribution in [2.75, 3.05) is 55.4 Å². The number of ether oxygens (including phenoxy) is 20. The van der Waals surface area contributed by atoms with Crippen molar-refractivity contribution in [2.24, 2.45) is 0 Å². The maximum Gasteiger partial charge on any atom is 0.338 e. The Morgan fingerprint density at radius 2 is 0.602 bits per heavy atom. The Hall–Kier alpha value is -10.2. The SMILES string of the molecule is COc1ccc(C(=O)OC[C@H]2O[C@@H](OC[C@H]3O[C@H](OC)[C@H](O[C@@H]4O[C@H](COC(C)=O)[C@@H](OC(C)=O)[C@H](OC(C)=O)[C@H]4OC(C)=O)[C@@H](OC(C)=O)[C@@H]3OC(=O)c3ccccc3)[C@H](OC(=O)c3ccc(OC)cc3)[C@@H](OC(=O)c3ccc(OC)cc3)[C@@H]2OC(=O)c2ccc(OC)cc2)cc1. The Morgan fingerprint density at radius 1 is 0.296 bits per heavy atom. The summed E-state index contributed by atoms with van der Waals surface area (Å²) in [6, 6.07) is 30.2. The van der Waals surface area contributed by atoms with Crippen LogP contribution in [0.1, 0.15) is 86.4 Å². The highest BCUT2D eigenvalue weighted by atomic mass is 16.8. The number of carbonyl (C=O) groups excluding carboxylic acids is 10. The lowest BCUT2D eigenvalue weighted by Gasteiger charge is -2.49. The van der Waals surface area contributed by atoms with Crippen LogP contribution in [0.15, 0.2) is 127 Å². The highest BCUT2D eigenvalue weighted by Crippen LogP contribution is 2.38. The molecule has 3 aliphatic rings. The van der Waals surface area contributed by atoms with Crippen LogP contribution in [0.5, 0.6) is 23.0 Å². The van der Waals surface area contributed by atoms with Crippen molar-refractivity contribution >= 4 is 59.7 Å². The fourth-order valence-electron chi connectivity index (χ4n) is 10.5. The molecule has 3 aliphatic heterocycles. The maximum absolute atomic E-state index is 14.7. The molecule has 8 rings (SSSR count). The van der Waals surface area contributed by atoms with Gasteiger partial charge in [0.1, 0.15) is 54.5 Å². The third-order valence-corrected chi connectivity index (χ3v) is 15.0. The molecule has 524 valence electrons. The molecule has 5 aromatic carbocycles. The highest BCUT2D eigenvalue weighted by Gasteiger charge is 2.59. The largest absolute Gasteiger partial charge is 0.497 e. The molecule has 0 bridgehead atoms. The van der Waals surface area contributed by atoms with E-state index in [1.165, 1.54) is 150 Å². The van der Waals surface area contributed by atoms with E-state index in [0.717, 1.165) is 41.7 Å². The fraction of sp³-hybridized carbons (Fsp3) is 0.412. The summed E-state index contributed by atoms with van der Waals surface area (Å²) in [7, 11) is 6.76. The van der Waals surface area contributed by atoms with E-state index >= 15 is 0 Å². The smallest absolute Gasteiger partial charge is 0.338 e. The van der Waals surface area contributed by atoms with Gasteiger partial charge in [0, 0.05) is 41.7 Å². The molecule has 98 heavy (non-hydrogen) atoms. The molecule has 5 aromatic rings.